The van der Waals surface area contributed by atoms with Crippen LogP contribution in [0.2, 0.25) is 0 Å². The molecule has 2 N–H and O–H groups in total. The number of nitrogens with two attached hydrogens (primary N) is 1. The number of anilines is 1. The van der Waals surface area contributed by atoms with E-state index in [1.165, 1.54) is 4.90 Å². The van der Waals surface area contributed by atoms with Crippen molar-refractivity contribution in [1.82, 2.24) is 14.7 Å². The number of aromatic nitrogens is 2. The maximum absolute atomic E-state index is 12.2. The minimum absolute atomic E-state index is 0.0799. The van der Waals surface area contributed by atoms with E-state index in [1.807, 2.05) is 13.8 Å². The van der Waals surface area contributed by atoms with Crippen molar-refractivity contribution in [2.75, 3.05) is 19.8 Å². The molecule has 1 heterocycles. The van der Waals surface area contributed by atoms with Crippen LogP contribution in [0.25, 0.3) is 5.69 Å². The van der Waals surface area contributed by atoms with E-state index in [0.717, 1.165) is 12.1 Å². The van der Waals surface area contributed by atoms with Crippen LogP contribution in [-0.2, 0) is 0 Å². The predicted molar refractivity (Wildman–Crippen MR) is 90.0 cm³/mol. The maximum Gasteiger partial charge on any atom is 0.255 e. The summed E-state index contributed by atoms with van der Waals surface area (Å²) in [5.74, 6) is -0.0901. The normalized spacial score (nSPS) is 10.6. The highest BCUT2D eigenvalue weighted by atomic mass is 16.2. The second-order valence-electron chi connectivity index (χ2n) is 5.70. The summed E-state index contributed by atoms with van der Waals surface area (Å²) < 4.78 is 1.66. The molecule has 122 valence electrons. The van der Waals surface area contributed by atoms with Gasteiger partial charge in [-0.2, -0.15) is 5.10 Å². The highest BCUT2D eigenvalue weighted by molar-refractivity contribution is 5.99. The van der Waals surface area contributed by atoms with Gasteiger partial charge in [-0.3, -0.25) is 9.59 Å². The van der Waals surface area contributed by atoms with Crippen molar-refractivity contribution < 1.29 is 9.59 Å². The molecule has 2 rings (SSSR count). The van der Waals surface area contributed by atoms with Crippen LogP contribution in [0.5, 0.6) is 0 Å². The van der Waals surface area contributed by atoms with Crippen molar-refractivity contribution in [3.8, 4) is 5.69 Å². The smallest absolute Gasteiger partial charge is 0.255 e. The first-order valence-corrected chi connectivity index (χ1v) is 7.56. The summed E-state index contributed by atoms with van der Waals surface area (Å²) in [4.78, 5) is 25.8. The van der Waals surface area contributed by atoms with Crippen LogP contribution in [0.3, 0.4) is 0 Å². The molecule has 0 aliphatic carbocycles. The average molecular weight is 314 g/mol. The van der Waals surface area contributed by atoms with Crippen molar-refractivity contribution in [3.63, 3.8) is 0 Å². The average Bonchev–Trinajstić information content (AvgIpc) is 2.89. The molecule has 1 aromatic heterocycles. The third-order valence-electron chi connectivity index (χ3n) is 3.71. The summed E-state index contributed by atoms with van der Waals surface area (Å²) in [6.45, 7) is 3.82. The van der Waals surface area contributed by atoms with Crippen LogP contribution in [0.4, 0.5) is 5.69 Å². The number of hydrogen-bond acceptors (Lipinski definition) is 4. The van der Waals surface area contributed by atoms with E-state index in [1.54, 1.807) is 43.2 Å². The SMILES string of the molecule is CCCC(=O)c1cnn(-c2ccc(N)c(C(=O)N(C)C)c2)c1C. The van der Waals surface area contributed by atoms with Crippen LogP contribution in [0.1, 0.15) is 46.2 Å². The standard InChI is InChI=1S/C17H22N4O2/c1-5-6-16(22)14-10-19-21(11(14)2)12-7-8-15(18)13(9-12)17(23)20(3)4/h7-10H,5-6,18H2,1-4H3. The lowest BCUT2D eigenvalue weighted by Gasteiger charge is -2.14. The summed E-state index contributed by atoms with van der Waals surface area (Å²) in [6.07, 6.45) is 2.88. The highest BCUT2D eigenvalue weighted by Gasteiger charge is 2.17. The summed E-state index contributed by atoms with van der Waals surface area (Å²) in [5.41, 5.74) is 8.82. The van der Waals surface area contributed by atoms with Crippen molar-refractivity contribution in [1.29, 1.82) is 0 Å². The van der Waals surface area contributed by atoms with E-state index >= 15 is 0 Å². The first-order valence-electron chi connectivity index (χ1n) is 7.56. The lowest BCUT2D eigenvalue weighted by molar-refractivity contribution is 0.0828. The Hall–Kier alpha value is -2.63. The molecule has 0 unspecified atom stereocenters. The lowest BCUT2D eigenvalue weighted by Crippen LogP contribution is -2.23. The molecular formula is C17H22N4O2. The molecule has 6 heteroatoms. The largest absolute Gasteiger partial charge is 0.398 e. The minimum Gasteiger partial charge on any atom is -0.398 e. The Morgan fingerprint density at radius 3 is 2.57 bits per heavy atom. The molecule has 0 fully saturated rings. The number of benzene rings is 1. The van der Waals surface area contributed by atoms with Gasteiger partial charge in [-0.15, -0.1) is 0 Å². The zero-order valence-corrected chi connectivity index (χ0v) is 14.0. The van der Waals surface area contributed by atoms with E-state index in [2.05, 4.69) is 5.10 Å². The molecule has 0 saturated heterocycles. The van der Waals surface area contributed by atoms with Crippen LogP contribution in [0.15, 0.2) is 24.4 Å². The molecular weight excluding hydrogens is 292 g/mol. The Labute approximate surface area is 135 Å². The Bertz CT molecular complexity index is 747. The number of Topliss-reactive ketones (excluding diaryl/α,β-unsaturated/α-hetero) is 1. The Morgan fingerprint density at radius 2 is 1.96 bits per heavy atom. The van der Waals surface area contributed by atoms with Gasteiger partial charge in [0.25, 0.3) is 5.91 Å². The molecule has 0 bridgehead atoms. The van der Waals surface area contributed by atoms with Gasteiger partial charge in [0.05, 0.1) is 28.7 Å². The van der Waals surface area contributed by atoms with Crippen molar-refractivity contribution in [2.45, 2.75) is 26.7 Å². The van der Waals surface area contributed by atoms with E-state index in [-0.39, 0.29) is 11.7 Å². The third-order valence-corrected chi connectivity index (χ3v) is 3.71. The van der Waals surface area contributed by atoms with E-state index in [4.69, 9.17) is 5.73 Å². The quantitative estimate of drug-likeness (QED) is 0.679. The second-order valence-corrected chi connectivity index (χ2v) is 5.70. The topological polar surface area (TPSA) is 81.2 Å². The number of carbonyl (C=O) groups excluding carboxylic acids is 2. The van der Waals surface area contributed by atoms with Crippen LogP contribution < -0.4 is 5.73 Å². The summed E-state index contributed by atoms with van der Waals surface area (Å²) in [5, 5.41) is 4.29. The maximum atomic E-state index is 12.2. The summed E-state index contributed by atoms with van der Waals surface area (Å²) >= 11 is 0. The third kappa shape index (κ3) is 3.26. The number of rotatable bonds is 5. The number of carbonyl (C=O) groups is 2. The zero-order chi connectivity index (χ0) is 17.1. The number of ketones is 1. The molecule has 23 heavy (non-hydrogen) atoms. The Balaban J connectivity index is 2.46. The molecule has 2 aromatic rings. The lowest BCUT2D eigenvalue weighted by atomic mass is 10.1. The second kappa shape index (κ2) is 6.64. The summed E-state index contributed by atoms with van der Waals surface area (Å²) in [6, 6.07) is 5.17. The van der Waals surface area contributed by atoms with E-state index in [0.29, 0.717) is 28.9 Å². The van der Waals surface area contributed by atoms with Crippen molar-refractivity contribution in [3.05, 3.63) is 41.2 Å². The van der Waals surface area contributed by atoms with Crippen molar-refractivity contribution >= 4 is 17.4 Å². The molecule has 0 radical (unpaired) electrons. The molecule has 0 aliphatic heterocycles. The van der Waals surface area contributed by atoms with E-state index < -0.39 is 0 Å². The Morgan fingerprint density at radius 1 is 1.26 bits per heavy atom. The van der Waals surface area contributed by atoms with Gasteiger partial charge in [0.2, 0.25) is 0 Å². The van der Waals surface area contributed by atoms with Gasteiger partial charge in [0.15, 0.2) is 5.78 Å². The minimum atomic E-state index is -0.170. The first-order chi connectivity index (χ1) is 10.9. The van der Waals surface area contributed by atoms with Crippen LogP contribution in [-0.4, -0.2) is 40.5 Å². The fourth-order valence-electron chi connectivity index (χ4n) is 2.41. The molecule has 6 nitrogen and oxygen atoms in total. The van der Waals surface area contributed by atoms with Gasteiger partial charge in [-0.25, -0.2) is 4.68 Å². The van der Waals surface area contributed by atoms with Crippen LogP contribution >= 0.6 is 0 Å². The van der Waals surface area contributed by atoms with Gasteiger partial charge in [0.1, 0.15) is 0 Å². The molecule has 0 spiro atoms. The fourth-order valence-corrected chi connectivity index (χ4v) is 2.41. The van der Waals surface area contributed by atoms with Gasteiger partial charge >= 0.3 is 0 Å². The van der Waals surface area contributed by atoms with Gasteiger partial charge in [0, 0.05) is 26.2 Å². The number of hydrogen-bond donors (Lipinski definition) is 1. The van der Waals surface area contributed by atoms with Gasteiger partial charge in [-0.05, 0) is 31.5 Å². The number of nitrogen functional groups attached to an aromatic ring is 1. The van der Waals surface area contributed by atoms with Gasteiger partial charge in [-0.1, -0.05) is 6.92 Å². The number of amides is 1. The number of nitrogens with zero attached hydrogens (tertiary/aromatic N) is 3. The molecule has 1 aromatic carbocycles. The highest BCUT2D eigenvalue weighted by Crippen LogP contribution is 2.21. The van der Waals surface area contributed by atoms with E-state index in [9.17, 15) is 9.59 Å². The molecule has 1 amide bonds. The predicted octanol–water partition coefficient (Wildman–Crippen LogP) is 2.45. The fraction of sp³-hybridized carbons (Fsp3) is 0.353. The molecule has 0 atom stereocenters. The van der Waals surface area contributed by atoms with Gasteiger partial charge < -0.3 is 10.6 Å². The van der Waals surface area contributed by atoms with Crippen LogP contribution in [0, 0.1) is 6.92 Å². The zero-order valence-electron chi connectivity index (χ0n) is 14.0. The van der Waals surface area contributed by atoms with Crippen molar-refractivity contribution in [2.24, 2.45) is 0 Å². The monoisotopic (exact) mass is 314 g/mol. The molecule has 0 aliphatic rings. The molecule has 0 saturated carbocycles. The first kappa shape index (κ1) is 16.7. The Kier molecular flexibility index (Phi) is 4.83. The summed E-state index contributed by atoms with van der Waals surface area (Å²) in [7, 11) is 3.35.